The first-order valence-corrected chi connectivity index (χ1v) is 6.52. The second kappa shape index (κ2) is 6.41. The minimum Gasteiger partial charge on any atom is -0.396 e. The normalized spacial score (nSPS) is 17.1. The molecule has 0 unspecified atom stereocenters. The van der Waals surface area contributed by atoms with Crippen molar-refractivity contribution in [1.29, 1.82) is 0 Å². The fourth-order valence-corrected chi connectivity index (χ4v) is 1.63. The van der Waals surface area contributed by atoms with E-state index in [1.54, 1.807) is 0 Å². The maximum absolute atomic E-state index is 8.74. The molecule has 0 radical (unpaired) electrons. The average molecular weight is 316 g/mol. The Bertz CT molecular complexity index is 131. The van der Waals surface area contributed by atoms with Gasteiger partial charge in [0.2, 0.25) is 0 Å². The van der Waals surface area contributed by atoms with Gasteiger partial charge in [-0.25, -0.2) is 0 Å². The second-order valence-corrected chi connectivity index (χ2v) is 7.38. The van der Waals surface area contributed by atoms with Crippen molar-refractivity contribution in [1.82, 2.24) is 0 Å². The molecule has 80 valence electrons. The van der Waals surface area contributed by atoms with Gasteiger partial charge in [-0.1, -0.05) is 38.8 Å². The van der Waals surface area contributed by atoms with Crippen molar-refractivity contribution in [3.63, 3.8) is 0 Å². The second-order valence-electron chi connectivity index (χ2n) is 4.23. The zero-order chi connectivity index (χ0) is 10.5. The van der Waals surface area contributed by atoms with E-state index in [9.17, 15) is 0 Å². The van der Waals surface area contributed by atoms with E-state index in [1.807, 2.05) is 0 Å². The molecule has 0 aliphatic carbocycles. The first-order chi connectivity index (χ1) is 5.88. The van der Waals surface area contributed by atoms with Gasteiger partial charge >= 0.3 is 0 Å². The third-order valence-corrected chi connectivity index (χ3v) is 5.05. The molecule has 0 bridgehead atoms. The smallest absolute Gasteiger partial charge is 0.0433 e. The predicted octanol–water partition coefficient (Wildman–Crippen LogP) is 3.72. The topological polar surface area (TPSA) is 20.2 Å². The van der Waals surface area contributed by atoms with Crippen LogP contribution in [0.2, 0.25) is 0 Å². The summed E-state index contributed by atoms with van der Waals surface area (Å²) in [6.45, 7) is 6.84. The van der Waals surface area contributed by atoms with Gasteiger partial charge in [0.15, 0.2) is 0 Å². The first-order valence-electron chi connectivity index (χ1n) is 4.81. The van der Waals surface area contributed by atoms with E-state index in [2.05, 4.69) is 52.6 Å². The maximum Gasteiger partial charge on any atom is 0.0433 e. The van der Waals surface area contributed by atoms with E-state index in [4.69, 9.17) is 5.11 Å². The summed E-state index contributed by atoms with van der Waals surface area (Å²) in [7, 11) is 0. The number of hydrogen-bond acceptors (Lipinski definition) is 1. The van der Waals surface area contributed by atoms with Crippen LogP contribution in [0.3, 0.4) is 0 Å². The Kier molecular flexibility index (Phi) is 6.87. The Balaban J connectivity index is 3.63. The lowest BCUT2D eigenvalue weighted by Crippen LogP contribution is -2.24. The molecule has 0 aliphatic rings. The largest absolute Gasteiger partial charge is 0.396 e. The number of hydrogen-bond donors (Lipinski definition) is 1. The van der Waals surface area contributed by atoms with Crippen LogP contribution >= 0.6 is 31.9 Å². The lowest BCUT2D eigenvalue weighted by molar-refractivity contribution is 0.256. The van der Waals surface area contributed by atoms with Gasteiger partial charge in [-0.3, -0.25) is 0 Å². The number of halogens is 2. The van der Waals surface area contributed by atoms with Crippen molar-refractivity contribution in [2.45, 2.75) is 49.2 Å². The molecule has 0 rings (SSSR count). The quantitative estimate of drug-likeness (QED) is 0.741. The molecule has 0 spiro atoms. The molecule has 2 atom stereocenters. The predicted molar refractivity (Wildman–Crippen MR) is 65.8 cm³/mol. The van der Waals surface area contributed by atoms with Crippen molar-refractivity contribution < 1.29 is 5.11 Å². The molecule has 0 aliphatic heterocycles. The Morgan fingerprint density at radius 3 is 2.15 bits per heavy atom. The molecular weight excluding hydrogens is 296 g/mol. The number of alkyl halides is 2. The van der Waals surface area contributed by atoms with E-state index in [-0.39, 0.29) is 4.32 Å². The van der Waals surface area contributed by atoms with Gasteiger partial charge in [0.1, 0.15) is 0 Å². The van der Waals surface area contributed by atoms with Crippen LogP contribution < -0.4 is 0 Å². The Hall–Kier alpha value is 0.920. The number of aliphatic hydroxyl groups is 1. The van der Waals surface area contributed by atoms with Gasteiger partial charge in [0.05, 0.1) is 0 Å². The first kappa shape index (κ1) is 13.9. The molecule has 0 heterocycles. The van der Waals surface area contributed by atoms with Gasteiger partial charge < -0.3 is 5.11 Å². The van der Waals surface area contributed by atoms with Crippen molar-refractivity contribution in [2.75, 3.05) is 6.61 Å². The highest BCUT2D eigenvalue weighted by Gasteiger charge is 2.23. The van der Waals surface area contributed by atoms with E-state index < -0.39 is 0 Å². The lowest BCUT2D eigenvalue weighted by atomic mass is 9.97. The van der Waals surface area contributed by atoms with Gasteiger partial charge in [-0.05, 0) is 39.0 Å². The Morgan fingerprint density at radius 2 is 1.77 bits per heavy atom. The molecule has 0 amide bonds. The van der Waals surface area contributed by atoms with Crippen LogP contribution in [0.15, 0.2) is 0 Å². The van der Waals surface area contributed by atoms with Crippen LogP contribution in [-0.4, -0.2) is 20.9 Å². The van der Waals surface area contributed by atoms with Crippen LogP contribution in [-0.2, 0) is 0 Å². The zero-order valence-electron chi connectivity index (χ0n) is 8.69. The molecule has 0 fully saturated rings. The summed E-state index contributed by atoms with van der Waals surface area (Å²) in [4.78, 5) is 0.501. The molecule has 1 N–H and O–H groups in total. The molecule has 1 nitrogen and oxygen atoms in total. The van der Waals surface area contributed by atoms with E-state index in [0.29, 0.717) is 17.4 Å². The molecule has 0 saturated heterocycles. The van der Waals surface area contributed by atoms with E-state index in [1.165, 1.54) is 6.42 Å². The van der Waals surface area contributed by atoms with Crippen molar-refractivity contribution in [2.24, 2.45) is 5.92 Å². The molecule has 13 heavy (non-hydrogen) atoms. The molecule has 0 saturated carbocycles. The van der Waals surface area contributed by atoms with Crippen LogP contribution in [0.25, 0.3) is 0 Å². The molecule has 0 aromatic rings. The SMILES string of the molecule is C[C@H](CCO)CC[C@@H](Br)C(C)(C)Br. The van der Waals surface area contributed by atoms with Crippen molar-refractivity contribution in [3.05, 3.63) is 0 Å². The lowest BCUT2D eigenvalue weighted by Gasteiger charge is -2.24. The summed E-state index contributed by atoms with van der Waals surface area (Å²) in [5.41, 5.74) is 0. The van der Waals surface area contributed by atoms with Gasteiger partial charge in [-0.15, -0.1) is 0 Å². The fourth-order valence-electron chi connectivity index (χ4n) is 1.14. The molecular formula is C10H20Br2O. The standard InChI is InChI=1S/C10H20Br2O/c1-8(6-7-13)4-5-9(11)10(2,3)12/h8-9,13H,4-7H2,1-3H3/t8-,9+/m0/s1. The van der Waals surface area contributed by atoms with Crippen LogP contribution in [0.5, 0.6) is 0 Å². The van der Waals surface area contributed by atoms with Gasteiger partial charge in [0.25, 0.3) is 0 Å². The summed E-state index contributed by atoms with van der Waals surface area (Å²) in [5.74, 6) is 0.625. The van der Waals surface area contributed by atoms with E-state index in [0.717, 1.165) is 12.8 Å². The zero-order valence-corrected chi connectivity index (χ0v) is 11.9. The highest BCUT2D eigenvalue weighted by atomic mass is 79.9. The van der Waals surface area contributed by atoms with Crippen molar-refractivity contribution in [3.8, 4) is 0 Å². The van der Waals surface area contributed by atoms with Crippen LogP contribution in [0.4, 0.5) is 0 Å². The monoisotopic (exact) mass is 314 g/mol. The minimum atomic E-state index is 0.159. The summed E-state index contributed by atoms with van der Waals surface area (Å²) >= 11 is 7.31. The molecule has 0 aromatic carbocycles. The summed E-state index contributed by atoms with van der Waals surface area (Å²) in [5, 5.41) is 8.74. The van der Waals surface area contributed by atoms with Crippen LogP contribution in [0.1, 0.15) is 40.0 Å². The highest BCUT2D eigenvalue weighted by Crippen LogP contribution is 2.31. The summed E-state index contributed by atoms with van der Waals surface area (Å²) in [6, 6.07) is 0. The fraction of sp³-hybridized carbons (Fsp3) is 1.00. The highest BCUT2D eigenvalue weighted by molar-refractivity contribution is 9.12. The van der Waals surface area contributed by atoms with Gasteiger partial charge in [0, 0.05) is 15.8 Å². The summed E-state index contributed by atoms with van der Waals surface area (Å²) < 4.78 is 0.159. The van der Waals surface area contributed by atoms with Gasteiger partial charge in [-0.2, -0.15) is 0 Å². The van der Waals surface area contributed by atoms with E-state index >= 15 is 0 Å². The Labute approximate surface area is 98.6 Å². The van der Waals surface area contributed by atoms with Crippen molar-refractivity contribution >= 4 is 31.9 Å². The summed E-state index contributed by atoms with van der Waals surface area (Å²) in [6.07, 6.45) is 3.24. The minimum absolute atomic E-state index is 0.159. The molecule has 0 aromatic heterocycles. The molecule has 3 heteroatoms. The maximum atomic E-state index is 8.74. The third kappa shape index (κ3) is 6.92. The number of aliphatic hydroxyl groups excluding tert-OH is 1. The number of rotatable bonds is 6. The average Bonchev–Trinajstić information content (AvgIpc) is 1.99. The third-order valence-electron chi connectivity index (χ3n) is 2.28. The Morgan fingerprint density at radius 1 is 1.23 bits per heavy atom. The van der Waals surface area contributed by atoms with Crippen LogP contribution in [0, 0.1) is 5.92 Å².